The molecule has 0 spiro atoms. The smallest absolute Gasteiger partial charge is 0.258 e. The van der Waals surface area contributed by atoms with Gasteiger partial charge in [0.05, 0.1) is 0 Å². The van der Waals surface area contributed by atoms with Gasteiger partial charge >= 0.3 is 0 Å². The predicted molar refractivity (Wildman–Crippen MR) is 81.3 cm³/mol. The Bertz CT molecular complexity index is 843. The maximum atomic E-state index is 5.98. The van der Waals surface area contributed by atoms with Crippen molar-refractivity contribution in [2.24, 2.45) is 0 Å². The van der Waals surface area contributed by atoms with E-state index in [0.29, 0.717) is 38.8 Å². The molecule has 7 heteroatoms. The fraction of sp³-hybridized carbons (Fsp3) is 0.0667. The number of nitrogens with zero attached hydrogens (tertiary/aromatic N) is 2. The molecule has 0 amide bonds. The fourth-order valence-electron chi connectivity index (χ4n) is 2.17. The van der Waals surface area contributed by atoms with Crippen LogP contribution in [0.3, 0.4) is 0 Å². The summed E-state index contributed by atoms with van der Waals surface area (Å²) >= 11 is 12.0. The summed E-state index contributed by atoms with van der Waals surface area (Å²) in [7, 11) is 0. The van der Waals surface area contributed by atoms with Gasteiger partial charge in [-0.05, 0) is 36.4 Å². The lowest BCUT2D eigenvalue weighted by Gasteiger charge is -1.98. The van der Waals surface area contributed by atoms with Gasteiger partial charge in [-0.2, -0.15) is 4.98 Å². The Kier molecular flexibility index (Phi) is 3.17. The highest BCUT2D eigenvalue weighted by Gasteiger charge is 2.17. The second-order valence-electron chi connectivity index (χ2n) is 4.65. The zero-order valence-electron chi connectivity index (χ0n) is 11.0. The van der Waals surface area contributed by atoms with Gasteiger partial charge in [-0.25, -0.2) is 0 Å². The monoisotopic (exact) mass is 334 g/mol. The van der Waals surface area contributed by atoms with E-state index in [9.17, 15) is 0 Å². The van der Waals surface area contributed by atoms with Crippen LogP contribution in [0.4, 0.5) is 0 Å². The van der Waals surface area contributed by atoms with E-state index in [4.69, 9.17) is 37.2 Å². The number of hydrogen-bond acceptors (Lipinski definition) is 5. The van der Waals surface area contributed by atoms with E-state index in [1.165, 1.54) is 0 Å². The highest BCUT2D eigenvalue weighted by molar-refractivity contribution is 6.35. The predicted octanol–water partition coefficient (Wildman–Crippen LogP) is 4.44. The number of hydrogen-bond donors (Lipinski definition) is 0. The van der Waals surface area contributed by atoms with E-state index in [-0.39, 0.29) is 6.79 Å². The molecule has 0 atom stereocenters. The van der Waals surface area contributed by atoms with Crippen LogP contribution >= 0.6 is 23.2 Å². The van der Waals surface area contributed by atoms with Gasteiger partial charge in [-0.15, -0.1) is 0 Å². The van der Waals surface area contributed by atoms with Crippen molar-refractivity contribution < 1.29 is 14.0 Å². The van der Waals surface area contributed by atoms with Crippen molar-refractivity contribution in [2.75, 3.05) is 6.79 Å². The highest BCUT2D eigenvalue weighted by Crippen LogP contribution is 2.35. The molecular weight excluding hydrogens is 327 g/mol. The van der Waals surface area contributed by atoms with Crippen molar-refractivity contribution in [2.45, 2.75) is 0 Å². The Morgan fingerprint density at radius 3 is 2.45 bits per heavy atom. The number of ether oxygens (including phenoxy) is 2. The minimum atomic E-state index is 0.220. The number of fused-ring (bicyclic) bond motifs is 1. The third kappa shape index (κ3) is 2.38. The van der Waals surface area contributed by atoms with Crippen molar-refractivity contribution in [1.29, 1.82) is 0 Å². The molecule has 0 bridgehead atoms. The summed E-state index contributed by atoms with van der Waals surface area (Å²) in [5, 5.41) is 4.99. The van der Waals surface area contributed by atoms with Crippen LogP contribution in [0, 0.1) is 0 Å². The molecule has 2 heterocycles. The number of benzene rings is 2. The SMILES string of the molecule is Clc1cc(Cl)cc(-c2nc(-c3ccc4c(c3)OCO4)no2)c1. The summed E-state index contributed by atoms with van der Waals surface area (Å²) in [4.78, 5) is 4.37. The van der Waals surface area contributed by atoms with Gasteiger partial charge in [0.25, 0.3) is 5.89 Å². The largest absolute Gasteiger partial charge is 0.454 e. The Morgan fingerprint density at radius 2 is 1.64 bits per heavy atom. The molecule has 22 heavy (non-hydrogen) atoms. The van der Waals surface area contributed by atoms with E-state index in [2.05, 4.69) is 10.1 Å². The van der Waals surface area contributed by atoms with E-state index in [1.807, 2.05) is 18.2 Å². The molecule has 0 unspecified atom stereocenters. The average molecular weight is 335 g/mol. The topological polar surface area (TPSA) is 57.4 Å². The molecule has 3 aromatic rings. The first-order valence-electron chi connectivity index (χ1n) is 6.39. The van der Waals surface area contributed by atoms with Crippen LogP contribution in [0.15, 0.2) is 40.9 Å². The zero-order chi connectivity index (χ0) is 15.1. The van der Waals surface area contributed by atoms with Gasteiger partial charge < -0.3 is 14.0 Å². The Labute approximate surface area is 135 Å². The van der Waals surface area contributed by atoms with Crippen molar-refractivity contribution in [1.82, 2.24) is 10.1 Å². The molecule has 1 aliphatic heterocycles. The lowest BCUT2D eigenvalue weighted by molar-refractivity contribution is 0.174. The van der Waals surface area contributed by atoms with E-state index in [0.717, 1.165) is 5.56 Å². The maximum Gasteiger partial charge on any atom is 0.258 e. The summed E-state index contributed by atoms with van der Waals surface area (Å²) in [5.74, 6) is 2.16. The lowest BCUT2D eigenvalue weighted by atomic mass is 10.2. The molecule has 4 rings (SSSR count). The average Bonchev–Trinajstić information content (AvgIpc) is 3.14. The Morgan fingerprint density at radius 1 is 0.864 bits per heavy atom. The molecule has 0 saturated carbocycles. The molecule has 0 aliphatic carbocycles. The minimum Gasteiger partial charge on any atom is -0.454 e. The van der Waals surface area contributed by atoms with Gasteiger partial charge in [0.1, 0.15) is 0 Å². The van der Waals surface area contributed by atoms with Gasteiger partial charge in [-0.3, -0.25) is 0 Å². The number of aromatic nitrogens is 2. The second-order valence-corrected chi connectivity index (χ2v) is 5.52. The summed E-state index contributed by atoms with van der Waals surface area (Å²) in [6.07, 6.45) is 0. The van der Waals surface area contributed by atoms with Gasteiger partial charge in [0, 0.05) is 21.2 Å². The first kappa shape index (κ1) is 13.4. The van der Waals surface area contributed by atoms with Crippen LogP contribution in [0.25, 0.3) is 22.8 Å². The van der Waals surface area contributed by atoms with Crippen LogP contribution in [0.1, 0.15) is 0 Å². The minimum absolute atomic E-state index is 0.220. The third-order valence-electron chi connectivity index (χ3n) is 3.17. The molecule has 1 aliphatic rings. The number of rotatable bonds is 2. The number of halogens is 2. The highest BCUT2D eigenvalue weighted by atomic mass is 35.5. The van der Waals surface area contributed by atoms with Crippen molar-refractivity contribution >= 4 is 23.2 Å². The van der Waals surface area contributed by atoms with E-state index in [1.54, 1.807) is 18.2 Å². The third-order valence-corrected chi connectivity index (χ3v) is 3.60. The summed E-state index contributed by atoms with van der Waals surface area (Å²) in [5.41, 5.74) is 1.43. The Balaban J connectivity index is 1.72. The molecule has 1 aromatic heterocycles. The van der Waals surface area contributed by atoms with Crippen LogP contribution in [-0.2, 0) is 0 Å². The first-order chi connectivity index (χ1) is 10.7. The molecular formula is C15H8Cl2N2O3. The van der Waals surface area contributed by atoms with Gasteiger partial charge in [0.2, 0.25) is 12.6 Å². The second kappa shape index (κ2) is 5.19. The Hall–Kier alpha value is -2.24. The standard InChI is InChI=1S/C15H8Cl2N2O3/c16-10-3-9(4-11(17)6-10)15-18-14(19-22-15)8-1-2-12-13(5-8)21-7-20-12/h1-6H,7H2. The maximum absolute atomic E-state index is 5.98. The van der Waals surface area contributed by atoms with E-state index < -0.39 is 0 Å². The zero-order valence-corrected chi connectivity index (χ0v) is 12.6. The normalized spacial score (nSPS) is 12.6. The quantitative estimate of drug-likeness (QED) is 0.693. The molecule has 5 nitrogen and oxygen atoms in total. The van der Waals surface area contributed by atoms with Gasteiger partial charge in [0.15, 0.2) is 11.5 Å². The van der Waals surface area contributed by atoms with E-state index >= 15 is 0 Å². The molecule has 0 radical (unpaired) electrons. The molecule has 0 N–H and O–H groups in total. The lowest BCUT2D eigenvalue weighted by Crippen LogP contribution is -1.92. The summed E-state index contributed by atoms with van der Waals surface area (Å²) in [6, 6.07) is 10.5. The first-order valence-corrected chi connectivity index (χ1v) is 7.15. The molecule has 0 fully saturated rings. The van der Waals surface area contributed by atoms with Crippen molar-refractivity contribution in [3.8, 4) is 34.3 Å². The molecule has 0 saturated heterocycles. The van der Waals surface area contributed by atoms with Crippen molar-refractivity contribution in [3.05, 3.63) is 46.4 Å². The summed E-state index contributed by atoms with van der Waals surface area (Å²) in [6.45, 7) is 0.220. The molecule has 110 valence electrons. The van der Waals surface area contributed by atoms with Crippen LogP contribution < -0.4 is 9.47 Å². The fourth-order valence-corrected chi connectivity index (χ4v) is 2.70. The van der Waals surface area contributed by atoms with Crippen LogP contribution in [-0.4, -0.2) is 16.9 Å². The summed E-state index contributed by atoms with van der Waals surface area (Å²) < 4.78 is 15.9. The van der Waals surface area contributed by atoms with Gasteiger partial charge in [-0.1, -0.05) is 28.4 Å². The van der Waals surface area contributed by atoms with Crippen LogP contribution in [0.2, 0.25) is 10.0 Å². The van der Waals surface area contributed by atoms with Crippen LogP contribution in [0.5, 0.6) is 11.5 Å². The van der Waals surface area contributed by atoms with Crippen molar-refractivity contribution in [3.63, 3.8) is 0 Å². The molecule has 2 aromatic carbocycles.